The number of hydrogen-bond donors (Lipinski definition) is 11. The highest BCUT2D eigenvalue weighted by Crippen LogP contribution is 2.73. The van der Waals surface area contributed by atoms with Crippen LogP contribution in [0, 0.1) is 90.7 Å². The molecule has 16 atom stereocenters. The van der Waals surface area contributed by atoms with Crippen molar-refractivity contribution in [3.63, 3.8) is 0 Å². The van der Waals surface area contributed by atoms with E-state index in [9.17, 15) is 97.6 Å². The quantitative estimate of drug-likeness (QED) is 0.0621. The summed E-state index contributed by atoms with van der Waals surface area (Å²) in [6, 6.07) is 10.3. The van der Waals surface area contributed by atoms with E-state index in [-0.39, 0.29) is 174 Å². The average molecular weight is 1900 g/mol. The third kappa shape index (κ3) is 17.8. The number of amides is 3. The number of carboxylic acid groups (broad SMARTS) is 3. The van der Waals surface area contributed by atoms with Crippen LogP contribution in [-0.2, 0) is 89.7 Å². The number of phenols is 4. The Kier molecular flexibility index (Phi) is 27.2. The van der Waals surface area contributed by atoms with Crippen LogP contribution >= 0.6 is 0 Å². The predicted molar refractivity (Wildman–Crippen MR) is 490 cm³/mol. The molecule has 3 amide bonds. The van der Waals surface area contributed by atoms with Crippen molar-refractivity contribution in [3.05, 3.63) is 93.0 Å². The zero-order valence-electron chi connectivity index (χ0n) is 79.2. The van der Waals surface area contributed by atoms with Crippen molar-refractivity contribution >= 4 is 86.9 Å². The van der Waals surface area contributed by atoms with Gasteiger partial charge in [-0.2, -0.15) is 0 Å². The minimum Gasteiger partial charge on any atom is -0.508 e. The maximum absolute atomic E-state index is 13.6. The van der Waals surface area contributed by atoms with Crippen molar-refractivity contribution in [2.45, 2.75) is 280 Å². The average Bonchev–Trinajstić information content (AvgIpc) is 0.703. The van der Waals surface area contributed by atoms with Crippen molar-refractivity contribution in [3.8, 4) is 23.0 Å². The molecule has 0 radical (unpaired) electrons. The number of aromatic hydroxyl groups is 4. The van der Waals surface area contributed by atoms with Gasteiger partial charge >= 0.3 is 29.8 Å². The first-order valence-electron chi connectivity index (χ1n) is 46.1. The number of sulfone groups is 4. The number of hydrogen-bond acceptors (Lipinski definition) is 23. The molecule has 0 saturated heterocycles. The summed E-state index contributed by atoms with van der Waals surface area (Å²) in [5, 5.41) is 77.7. The van der Waals surface area contributed by atoms with Gasteiger partial charge in [0.05, 0.1) is 68.9 Å². The van der Waals surface area contributed by atoms with Gasteiger partial charge in [-0.3, -0.25) is 33.6 Å². The van der Waals surface area contributed by atoms with E-state index in [1.165, 1.54) is 62.8 Å². The standard InChI is InChI=1S/C25H35NO6S.2C24H33NO6S.C22H30O5S.C3H7NO2/c1-23(2)8-6-9-24(3)18(23)7-10-25(4)19(24)14-33(30,31)17-12-15(11-16(27)21(17)25)22(29)26-13-20(28)32-5;2*1-22(2)7-5-8-23(3)17(22)6-9-24(4)18(23)13-32(30,31)16-11-14(10-15(26)20(16)24)21(29)25-12-19(27)28;1-20(2)7-5-8-21(3)16(20)6-9-22(4)17(21)12-28(26,27)15-11-13(19(24)25)10-14(23)18(15)22;1-6-3(5)2-4/h11-12,18-19,27H,6-10,13-14H2,1-5H3,(H,26,29);2*10-11,17-18,26H,5-9,12-13H2,1-4H3,(H,25,29)(H,27,28);10-11,16-17,23H,5-9,12H2,1-4H3,(H,24,25);2,4H2,1H3/t18-,19+,24-,25+;2*17-,18+,23-,24+;16-,17+,21-,22+;/m0000./s1. The van der Waals surface area contributed by atoms with Crippen molar-refractivity contribution in [2.24, 2.45) is 96.4 Å². The normalized spacial score (nSPS) is 33.8. The number of carboxylic acids is 3. The van der Waals surface area contributed by atoms with Gasteiger partial charge in [0.25, 0.3) is 17.7 Å². The monoisotopic (exact) mass is 1900 g/mol. The zero-order chi connectivity index (χ0) is 97.5. The molecule has 0 unspecified atom stereocenters. The Morgan fingerprint density at radius 2 is 0.550 bits per heavy atom. The first kappa shape index (κ1) is 102. The van der Waals surface area contributed by atoms with Crippen LogP contribution in [0.1, 0.15) is 303 Å². The number of aromatic carboxylic acids is 1. The van der Waals surface area contributed by atoms with Crippen LogP contribution in [0.15, 0.2) is 68.1 Å². The minimum atomic E-state index is -3.74. The second-order valence-electron chi connectivity index (χ2n) is 44.7. The fraction of sp³-hybridized carbons (Fsp3) is 0.673. The van der Waals surface area contributed by atoms with E-state index in [0.29, 0.717) is 45.9 Å². The lowest BCUT2D eigenvalue weighted by Crippen LogP contribution is -2.59. The van der Waals surface area contributed by atoms with Gasteiger partial charge in [-0.1, -0.05) is 136 Å². The Bertz CT molecular complexity index is 5610. The van der Waals surface area contributed by atoms with Crippen LogP contribution < -0.4 is 21.7 Å². The summed E-state index contributed by atoms with van der Waals surface area (Å²) in [5.41, 5.74) is 4.35. The van der Waals surface area contributed by atoms with Gasteiger partial charge in [-0.15, -0.1) is 0 Å². The van der Waals surface area contributed by atoms with E-state index in [1.54, 1.807) is 0 Å². The molecule has 0 aromatic heterocycles. The molecule has 724 valence electrons. The molecule has 12 aliphatic rings. The summed E-state index contributed by atoms with van der Waals surface area (Å²) in [6.45, 7) is 34.2. The molecule has 131 heavy (non-hydrogen) atoms. The summed E-state index contributed by atoms with van der Waals surface area (Å²) in [4.78, 5) is 91.6. The number of esters is 2. The number of fused-ring (bicyclic) bond motifs is 20. The fourth-order valence-corrected chi connectivity index (χ4v) is 38.9. The van der Waals surface area contributed by atoms with Crippen LogP contribution in [0.4, 0.5) is 0 Å². The SMILES string of the molecule is CC1(C)CCC[C@]2(C)[C@H]3CS(=O)(=O)c4cc(C(=O)NCC(=O)O)cc(O)c4[C@]3(C)CC[C@@H]12.CC1(C)CCC[C@]2(C)[C@H]3CS(=O)(=O)c4cc(C(=O)NCC(=O)O)cc(O)c4[C@]3(C)CC[C@@H]12.CC1(C)CCC[C@]2(C)[C@H]3CS(=O)(=O)c4cc(C(=O)O)cc(O)c4[C@]3(C)CC[C@@H]12.COC(=O)CN.COC(=O)CNC(=O)c1cc(O)c2c(c1)S(=O)(=O)C[C@@H]1[C@@]3(C)CCCC(C)(C)[C@@H]3CC[C@@]21C. The van der Waals surface area contributed by atoms with Crippen LogP contribution in [-0.4, -0.2) is 180 Å². The Morgan fingerprint density at radius 1 is 0.328 bits per heavy atom. The molecule has 8 fully saturated rings. The molecule has 16 rings (SSSR count). The molecule has 8 saturated carbocycles. The molecule has 12 N–H and O–H groups in total. The van der Waals surface area contributed by atoms with Crippen molar-refractivity contribution in [1.82, 2.24) is 16.0 Å². The van der Waals surface area contributed by atoms with Crippen molar-refractivity contribution < 1.29 is 117 Å². The lowest BCUT2D eigenvalue weighted by molar-refractivity contribution is -0.140. The van der Waals surface area contributed by atoms with E-state index in [0.717, 1.165) is 128 Å². The van der Waals surface area contributed by atoms with Crippen LogP contribution in [0.25, 0.3) is 0 Å². The minimum absolute atomic E-state index is 0.000775. The molecular formula is C98H138N4O25S4. The maximum Gasteiger partial charge on any atom is 0.335 e. The first-order chi connectivity index (χ1) is 60.3. The lowest BCUT2D eigenvalue weighted by atomic mass is 9.43. The second kappa shape index (κ2) is 35.1. The lowest BCUT2D eigenvalue weighted by Gasteiger charge is -2.63. The zero-order valence-corrected chi connectivity index (χ0v) is 82.5. The number of ether oxygens (including phenoxy) is 2. The Balaban J connectivity index is 0.000000155. The number of nitrogens with two attached hydrogens (primary N) is 1. The van der Waals surface area contributed by atoms with Gasteiger partial charge in [0.1, 0.15) is 42.6 Å². The Morgan fingerprint density at radius 3 is 0.756 bits per heavy atom. The van der Waals surface area contributed by atoms with Crippen LogP contribution in [0.3, 0.4) is 0 Å². The second-order valence-corrected chi connectivity index (χ2v) is 52.7. The summed E-state index contributed by atoms with van der Waals surface area (Å²) >= 11 is 0. The van der Waals surface area contributed by atoms with Gasteiger partial charge in [0.15, 0.2) is 39.3 Å². The molecule has 4 aromatic rings. The summed E-state index contributed by atoms with van der Waals surface area (Å²) in [6.07, 6.45) is 19.9. The molecule has 0 spiro atoms. The Labute approximate surface area is 771 Å². The third-order valence-corrected chi connectivity index (χ3v) is 42.6. The fourth-order valence-electron chi connectivity index (χ4n) is 29.7. The summed E-state index contributed by atoms with van der Waals surface area (Å²) in [5.74, 6) is -6.14. The highest BCUT2D eigenvalue weighted by molar-refractivity contribution is 7.92. The van der Waals surface area contributed by atoms with Crippen molar-refractivity contribution in [2.75, 3.05) is 63.4 Å². The van der Waals surface area contributed by atoms with E-state index in [4.69, 9.17) is 15.9 Å². The number of methoxy groups -OCH3 is 2. The van der Waals surface area contributed by atoms with Crippen LogP contribution in [0.5, 0.6) is 23.0 Å². The van der Waals surface area contributed by atoms with E-state index in [2.05, 4.69) is 136 Å². The van der Waals surface area contributed by atoms with E-state index in [1.807, 2.05) is 0 Å². The number of nitrogens with one attached hydrogen (secondary N) is 3. The van der Waals surface area contributed by atoms with E-state index < -0.39 is 116 Å². The topological polar surface area (TPSA) is 495 Å². The first-order valence-corrected chi connectivity index (χ1v) is 52.7. The van der Waals surface area contributed by atoms with Crippen molar-refractivity contribution in [1.29, 1.82) is 0 Å². The molecule has 8 aliphatic carbocycles. The van der Waals surface area contributed by atoms with Gasteiger partial charge in [-0.05, 0) is 242 Å². The van der Waals surface area contributed by atoms with Gasteiger partial charge in [0.2, 0.25) is 0 Å². The van der Waals surface area contributed by atoms with Gasteiger partial charge in [-0.25, -0.2) is 38.5 Å². The molecule has 4 aliphatic heterocycles. The highest BCUT2D eigenvalue weighted by atomic mass is 32.2. The molecule has 4 aromatic carbocycles. The maximum atomic E-state index is 13.6. The number of aliphatic carboxylic acids is 2. The number of carbonyl (C=O) groups is 8. The van der Waals surface area contributed by atoms with Gasteiger partial charge < -0.3 is 66.9 Å². The molecule has 33 heteroatoms. The third-order valence-electron chi connectivity index (χ3n) is 35.5. The van der Waals surface area contributed by atoms with E-state index >= 15 is 0 Å². The largest absolute Gasteiger partial charge is 0.508 e. The summed E-state index contributed by atoms with van der Waals surface area (Å²) in [7, 11) is -12.4. The van der Waals surface area contributed by atoms with Gasteiger partial charge in [0, 0.05) is 60.6 Å². The number of rotatable bonds is 11. The predicted octanol–water partition coefficient (Wildman–Crippen LogP) is 14.1. The Hall–Kier alpha value is -8.40. The summed E-state index contributed by atoms with van der Waals surface area (Å²) < 4.78 is 116. The molecule has 0 bridgehead atoms. The number of benzene rings is 4. The smallest absolute Gasteiger partial charge is 0.335 e. The molecular weight excluding hydrogens is 1760 g/mol. The molecule has 4 heterocycles. The molecule has 29 nitrogen and oxygen atoms in total. The highest BCUT2D eigenvalue weighted by Gasteiger charge is 2.68. The number of carbonyl (C=O) groups excluding carboxylic acids is 5. The van der Waals surface area contributed by atoms with Crippen LogP contribution in [0.2, 0.25) is 0 Å². The number of phenolic OH excluding ortho intramolecular Hbond substituents is 4.